The first-order valence-corrected chi connectivity index (χ1v) is 9.99. The molecule has 2 rings (SSSR count). The van der Waals surface area contributed by atoms with Crippen molar-refractivity contribution < 1.29 is 17.9 Å². The number of carbonyl (C=O) groups excluding carboxylic acids is 1. The minimum Gasteiger partial charge on any atom is -0.444 e. The Morgan fingerprint density at radius 1 is 1.17 bits per heavy atom. The van der Waals surface area contributed by atoms with E-state index in [2.05, 4.69) is 0 Å². The van der Waals surface area contributed by atoms with Gasteiger partial charge in [-0.3, -0.25) is 0 Å². The number of likely N-dealkylation sites (tertiary alicyclic amines) is 1. The topological polar surface area (TPSA) is 66.9 Å². The molecule has 0 aromatic rings. The Labute approximate surface area is 140 Å². The van der Waals surface area contributed by atoms with E-state index in [9.17, 15) is 13.2 Å². The van der Waals surface area contributed by atoms with Gasteiger partial charge >= 0.3 is 6.09 Å². The summed E-state index contributed by atoms with van der Waals surface area (Å²) in [5.74, 6) is 0.317. The smallest absolute Gasteiger partial charge is 0.410 e. The van der Waals surface area contributed by atoms with Crippen molar-refractivity contribution in [2.45, 2.75) is 53.1 Å². The second-order valence-corrected chi connectivity index (χ2v) is 10.4. The predicted molar refractivity (Wildman–Crippen MR) is 89.7 cm³/mol. The highest BCUT2D eigenvalue weighted by molar-refractivity contribution is 7.89. The van der Waals surface area contributed by atoms with Crippen molar-refractivity contribution in [2.75, 3.05) is 31.9 Å². The Kier molecular flexibility index (Phi) is 5.02. The van der Waals surface area contributed by atoms with Gasteiger partial charge in [0.25, 0.3) is 0 Å². The van der Waals surface area contributed by atoms with Crippen LogP contribution in [-0.2, 0) is 14.8 Å². The van der Waals surface area contributed by atoms with Crippen molar-refractivity contribution in [1.29, 1.82) is 0 Å². The molecule has 1 atom stereocenters. The number of hydrogen-bond donors (Lipinski definition) is 0. The molecule has 0 bridgehead atoms. The molecule has 2 saturated heterocycles. The number of rotatable bonds is 3. The standard InChI is InChI=1S/C16H30N2O4S/c1-13(2)10-23(20,21)18-9-7-16(12-18)6-8-17(11-16)14(19)22-15(3,4)5/h13H,6-12H2,1-5H3/t16-/m1/s1. The van der Waals surface area contributed by atoms with Crippen LogP contribution in [0.3, 0.4) is 0 Å². The zero-order valence-electron chi connectivity index (χ0n) is 15.0. The lowest BCUT2D eigenvalue weighted by Crippen LogP contribution is -2.39. The molecule has 0 aliphatic carbocycles. The Balaban J connectivity index is 1.98. The molecule has 2 heterocycles. The van der Waals surface area contributed by atoms with Crippen LogP contribution in [0.25, 0.3) is 0 Å². The number of amides is 1. The van der Waals surface area contributed by atoms with E-state index in [0.717, 1.165) is 12.8 Å². The van der Waals surface area contributed by atoms with Crippen molar-refractivity contribution in [3.05, 3.63) is 0 Å². The fraction of sp³-hybridized carbons (Fsp3) is 0.938. The normalized spacial score (nSPS) is 26.4. The van der Waals surface area contributed by atoms with E-state index in [-0.39, 0.29) is 23.2 Å². The summed E-state index contributed by atoms with van der Waals surface area (Å²) in [4.78, 5) is 13.9. The SMILES string of the molecule is CC(C)CS(=O)(=O)N1CC[C@@]2(CCN(C(=O)OC(C)(C)C)C2)C1. The Morgan fingerprint density at radius 3 is 2.35 bits per heavy atom. The van der Waals surface area contributed by atoms with Crippen molar-refractivity contribution in [1.82, 2.24) is 9.21 Å². The summed E-state index contributed by atoms with van der Waals surface area (Å²) in [5.41, 5.74) is -0.601. The van der Waals surface area contributed by atoms with Gasteiger partial charge in [-0.1, -0.05) is 13.8 Å². The van der Waals surface area contributed by atoms with E-state index in [1.165, 1.54) is 0 Å². The average Bonchev–Trinajstić information content (AvgIpc) is 2.94. The lowest BCUT2D eigenvalue weighted by Gasteiger charge is -2.27. The molecule has 0 unspecified atom stereocenters. The maximum atomic E-state index is 12.4. The van der Waals surface area contributed by atoms with E-state index >= 15 is 0 Å². The predicted octanol–water partition coefficient (Wildman–Crippen LogP) is 2.31. The summed E-state index contributed by atoms with van der Waals surface area (Å²) in [7, 11) is -3.19. The molecular weight excluding hydrogens is 316 g/mol. The van der Waals surface area contributed by atoms with Crippen molar-refractivity contribution in [2.24, 2.45) is 11.3 Å². The van der Waals surface area contributed by atoms with Crippen molar-refractivity contribution >= 4 is 16.1 Å². The summed E-state index contributed by atoms with van der Waals surface area (Å²) in [6, 6.07) is 0. The van der Waals surface area contributed by atoms with Gasteiger partial charge in [0.05, 0.1) is 5.75 Å². The van der Waals surface area contributed by atoms with Crippen LogP contribution in [0.4, 0.5) is 4.79 Å². The number of hydrogen-bond acceptors (Lipinski definition) is 4. The molecule has 2 fully saturated rings. The maximum Gasteiger partial charge on any atom is 0.410 e. The summed E-state index contributed by atoms with van der Waals surface area (Å²) in [5, 5.41) is 0. The average molecular weight is 346 g/mol. The van der Waals surface area contributed by atoms with Gasteiger partial charge in [-0.05, 0) is 39.5 Å². The van der Waals surface area contributed by atoms with E-state index < -0.39 is 15.6 Å². The third-order valence-corrected chi connectivity index (χ3v) is 6.62. The fourth-order valence-electron chi connectivity index (χ4n) is 3.41. The quantitative estimate of drug-likeness (QED) is 0.786. The number of carbonyl (C=O) groups is 1. The van der Waals surface area contributed by atoms with Crippen LogP contribution in [0.1, 0.15) is 47.5 Å². The zero-order chi connectivity index (χ0) is 17.5. The second-order valence-electron chi connectivity index (χ2n) is 8.41. The Bertz CT molecular complexity index is 553. The summed E-state index contributed by atoms with van der Waals surface area (Å²) >= 11 is 0. The second kappa shape index (κ2) is 6.24. The summed E-state index contributed by atoms with van der Waals surface area (Å²) in [6.07, 6.45) is 1.38. The molecule has 0 saturated carbocycles. The third-order valence-electron chi connectivity index (χ3n) is 4.43. The molecule has 134 valence electrons. The third kappa shape index (κ3) is 4.59. The highest BCUT2D eigenvalue weighted by Gasteiger charge is 2.48. The molecule has 2 aliphatic heterocycles. The van der Waals surface area contributed by atoms with Gasteiger partial charge in [-0.25, -0.2) is 17.5 Å². The van der Waals surface area contributed by atoms with Gasteiger partial charge < -0.3 is 9.64 Å². The molecule has 7 heteroatoms. The summed E-state index contributed by atoms with van der Waals surface area (Å²) in [6.45, 7) is 11.7. The number of nitrogens with zero attached hydrogens (tertiary/aromatic N) is 2. The van der Waals surface area contributed by atoms with Gasteiger partial charge in [0.2, 0.25) is 10.0 Å². The van der Waals surface area contributed by atoms with Gasteiger partial charge in [0.15, 0.2) is 0 Å². The largest absolute Gasteiger partial charge is 0.444 e. The molecule has 1 spiro atoms. The molecule has 0 N–H and O–H groups in total. The van der Waals surface area contributed by atoms with E-state index in [4.69, 9.17) is 4.74 Å². The summed E-state index contributed by atoms with van der Waals surface area (Å²) < 4.78 is 31.9. The van der Waals surface area contributed by atoms with E-state index in [1.54, 1.807) is 9.21 Å². The molecule has 1 amide bonds. The fourth-order valence-corrected chi connectivity index (χ4v) is 5.30. The Morgan fingerprint density at radius 2 is 1.78 bits per heavy atom. The van der Waals surface area contributed by atoms with Crippen LogP contribution in [-0.4, -0.2) is 61.2 Å². The number of ether oxygens (including phenoxy) is 1. The lowest BCUT2D eigenvalue weighted by atomic mass is 9.87. The van der Waals surface area contributed by atoms with Crippen LogP contribution in [0, 0.1) is 11.3 Å². The molecule has 6 nitrogen and oxygen atoms in total. The minimum absolute atomic E-state index is 0.0963. The first kappa shape index (κ1) is 18.5. The molecular formula is C16H30N2O4S. The molecule has 2 aliphatic rings. The van der Waals surface area contributed by atoms with Crippen molar-refractivity contribution in [3.63, 3.8) is 0 Å². The van der Waals surface area contributed by atoms with Crippen LogP contribution >= 0.6 is 0 Å². The molecule has 0 aromatic heterocycles. The Hall–Kier alpha value is -0.820. The zero-order valence-corrected chi connectivity index (χ0v) is 15.8. The lowest BCUT2D eigenvalue weighted by molar-refractivity contribution is 0.0275. The molecule has 0 radical (unpaired) electrons. The first-order chi connectivity index (χ1) is 10.4. The van der Waals surface area contributed by atoms with Gasteiger partial charge in [-0.2, -0.15) is 0 Å². The highest BCUT2D eigenvalue weighted by atomic mass is 32.2. The van der Waals surface area contributed by atoms with Crippen LogP contribution in [0.15, 0.2) is 0 Å². The monoisotopic (exact) mass is 346 g/mol. The first-order valence-electron chi connectivity index (χ1n) is 8.38. The van der Waals surface area contributed by atoms with Crippen LogP contribution in [0.2, 0.25) is 0 Å². The number of sulfonamides is 1. The van der Waals surface area contributed by atoms with Gasteiger partial charge in [-0.15, -0.1) is 0 Å². The van der Waals surface area contributed by atoms with E-state index in [0.29, 0.717) is 26.2 Å². The van der Waals surface area contributed by atoms with Crippen LogP contribution in [0.5, 0.6) is 0 Å². The molecule has 23 heavy (non-hydrogen) atoms. The van der Waals surface area contributed by atoms with E-state index in [1.807, 2.05) is 34.6 Å². The van der Waals surface area contributed by atoms with Gasteiger partial charge in [0, 0.05) is 31.6 Å². The molecule has 0 aromatic carbocycles. The highest BCUT2D eigenvalue weighted by Crippen LogP contribution is 2.41. The minimum atomic E-state index is -3.19. The van der Waals surface area contributed by atoms with Crippen molar-refractivity contribution in [3.8, 4) is 0 Å². The van der Waals surface area contributed by atoms with Gasteiger partial charge in [0.1, 0.15) is 5.60 Å². The maximum absolute atomic E-state index is 12.4. The van der Waals surface area contributed by atoms with Crippen LogP contribution < -0.4 is 0 Å².